The van der Waals surface area contributed by atoms with Crippen LogP contribution in [0.4, 0.5) is 0 Å². The van der Waals surface area contributed by atoms with Crippen LogP contribution >= 0.6 is 7.82 Å². The molecular weight excluding hydrogens is 750 g/mol. The van der Waals surface area contributed by atoms with Crippen molar-refractivity contribution in [2.75, 3.05) is 26.4 Å². The zero-order valence-electron chi connectivity index (χ0n) is 37.5. The highest BCUT2D eigenvalue weighted by molar-refractivity contribution is 7.47. The molecular formula is C48H90NO8P. The van der Waals surface area contributed by atoms with Crippen LogP contribution in [0.5, 0.6) is 0 Å². The van der Waals surface area contributed by atoms with Crippen molar-refractivity contribution in [1.82, 2.24) is 0 Å². The van der Waals surface area contributed by atoms with E-state index in [9.17, 15) is 19.0 Å². The SMILES string of the molecule is CCCCCCC/C=C\C/C=C\C/C=C\CCCCCCCCC(=O)OC(COC(=O)CCCCCCCCCCCCCCCCCC)COP(=O)(O)OCCN. The minimum Gasteiger partial charge on any atom is -0.462 e. The second kappa shape index (κ2) is 44.8. The van der Waals surface area contributed by atoms with Crippen LogP contribution in [-0.2, 0) is 32.7 Å². The van der Waals surface area contributed by atoms with Gasteiger partial charge in [-0.05, 0) is 51.4 Å². The van der Waals surface area contributed by atoms with Crippen molar-refractivity contribution in [2.24, 2.45) is 5.73 Å². The number of esters is 2. The third kappa shape index (κ3) is 43.8. The highest BCUT2D eigenvalue weighted by Crippen LogP contribution is 2.43. The molecule has 0 aliphatic carbocycles. The molecule has 0 heterocycles. The van der Waals surface area contributed by atoms with Gasteiger partial charge in [-0.25, -0.2) is 4.57 Å². The summed E-state index contributed by atoms with van der Waals surface area (Å²) in [6.45, 7) is 3.73. The lowest BCUT2D eigenvalue weighted by Crippen LogP contribution is -2.29. The summed E-state index contributed by atoms with van der Waals surface area (Å²) in [5.74, 6) is -0.835. The van der Waals surface area contributed by atoms with Crippen LogP contribution in [0.25, 0.3) is 0 Å². The zero-order chi connectivity index (χ0) is 42.5. The first-order chi connectivity index (χ1) is 28.3. The molecule has 340 valence electrons. The van der Waals surface area contributed by atoms with Gasteiger partial charge in [-0.15, -0.1) is 0 Å². The summed E-state index contributed by atoms with van der Waals surface area (Å²) >= 11 is 0. The van der Waals surface area contributed by atoms with Crippen molar-refractivity contribution in [2.45, 2.75) is 232 Å². The number of hydrogen-bond donors (Lipinski definition) is 2. The van der Waals surface area contributed by atoms with E-state index in [1.807, 2.05) is 0 Å². The summed E-state index contributed by atoms with van der Waals surface area (Å²) in [7, 11) is -4.38. The quantitative estimate of drug-likeness (QED) is 0.0266. The lowest BCUT2D eigenvalue weighted by atomic mass is 10.0. The molecule has 0 amide bonds. The molecule has 0 saturated carbocycles. The first kappa shape index (κ1) is 56.2. The Hall–Kier alpha value is -1.77. The molecule has 3 N–H and O–H groups in total. The monoisotopic (exact) mass is 840 g/mol. The van der Waals surface area contributed by atoms with Gasteiger partial charge in [0, 0.05) is 19.4 Å². The van der Waals surface area contributed by atoms with Gasteiger partial charge in [-0.3, -0.25) is 18.6 Å². The standard InChI is InChI=1S/C48H90NO8P/c1-3-5-7-9-11-13-15-17-19-21-22-23-24-25-27-29-31-33-35-37-39-41-48(51)57-46(45-56-58(52,53)55-43-42-49)44-54-47(50)40-38-36-34-32-30-28-26-20-18-16-14-12-10-8-6-4-2/h15,17,21-22,24-25,46H,3-14,16,18-20,23,26-45,49H2,1-2H3,(H,52,53)/b17-15-,22-21-,25-24-. The molecule has 0 aromatic heterocycles. The number of allylic oxidation sites excluding steroid dienone is 6. The van der Waals surface area contributed by atoms with E-state index in [1.54, 1.807) is 0 Å². The van der Waals surface area contributed by atoms with Gasteiger partial charge >= 0.3 is 19.8 Å². The van der Waals surface area contributed by atoms with E-state index in [4.69, 9.17) is 24.3 Å². The molecule has 0 rings (SSSR count). The first-order valence-electron chi connectivity index (χ1n) is 24.0. The molecule has 9 nitrogen and oxygen atoms in total. The van der Waals surface area contributed by atoms with E-state index in [-0.39, 0.29) is 38.6 Å². The average molecular weight is 840 g/mol. The summed E-state index contributed by atoms with van der Waals surface area (Å²) < 4.78 is 32.9. The molecule has 0 aromatic rings. The van der Waals surface area contributed by atoms with Gasteiger partial charge in [-0.2, -0.15) is 0 Å². The van der Waals surface area contributed by atoms with Crippen molar-refractivity contribution < 1.29 is 37.6 Å². The van der Waals surface area contributed by atoms with Crippen molar-refractivity contribution in [3.63, 3.8) is 0 Å². The van der Waals surface area contributed by atoms with E-state index in [1.165, 1.54) is 122 Å². The van der Waals surface area contributed by atoms with Crippen LogP contribution < -0.4 is 5.73 Å². The highest BCUT2D eigenvalue weighted by Gasteiger charge is 2.26. The maximum atomic E-state index is 12.6. The second-order valence-corrected chi connectivity index (χ2v) is 17.4. The third-order valence-electron chi connectivity index (χ3n) is 10.3. The van der Waals surface area contributed by atoms with Crippen LogP contribution in [0.1, 0.15) is 226 Å². The number of rotatable bonds is 45. The fraction of sp³-hybridized carbons (Fsp3) is 0.833. The Kier molecular flexibility index (Phi) is 43.4. The Morgan fingerprint density at radius 1 is 0.517 bits per heavy atom. The molecule has 0 saturated heterocycles. The topological polar surface area (TPSA) is 134 Å². The molecule has 10 heteroatoms. The number of nitrogens with two attached hydrogens (primary N) is 1. The van der Waals surface area contributed by atoms with Gasteiger partial charge in [0.25, 0.3) is 0 Å². The van der Waals surface area contributed by atoms with Crippen LogP contribution in [0, 0.1) is 0 Å². The molecule has 2 atom stereocenters. The summed E-state index contributed by atoms with van der Waals surface area (Å²) in [4.78, 5) is 35.0. The van der Waals surface area contributed by atoms with Gasteiger partial charge in [0.05, 0.1) is 13.2 Å². The van der Waals surface area contributed by atoms with Crippen LogP contribution in [0.15, 0.2) is 36.5 Å². The molecule has 0 aromatic carbocycles. The van der Waals surface area contributed by atoms with Gasteiger partial charge in [0.1, 0.15) is 6.61 Å². The van der Waals surface area contributed by atoms with Crippen molar-refractivity contribution >= 4 is 19.8 Å². The number of carbonyl (C=O) groups is 2. The smallest absolute Gasteiger partial charge is 0.462 e. The molecule has 58 heavy (non-hydrogen) atoms. The minimum absolute atomic E-state index is 0.0516. The predicted octanol–water partition coefficient (Wildman–Crippen LogP) is 14.1. The summed E-state index contributed by atoms with van der Waals surface area (Å²) in [6.07, 6.45) is 50.3. The highest BCUT2D eigenvalue weighted by atomic mass is 31.2. The number of phosphoric ester groups is 1. The minimum atomic E-state index is -4.38. The lowest BCUT2D eigenvalue weighted by molar-refractivity contribution is -0.161. The van der Waals surface area contributed by atoms with E-state index in [0.717, 1.165) is 70.6 Å². The maximum absolute atomic E-state index is 12.6. The number of carbonyl (C=O) groups excluding carboxylic acids is 2. The van der Waals surface area contributed by atoms with E-state index >= 15 is 0 Å². The van der Waals surface area contributed by atoms with Gasteiger partial charge in [-0.1, -0.05) is 198 Å². The largest absolute Gasteiger partial charge is 0.472 e. The Morgan fingerprint density at radius 3 is 1.33 bits per heavy atom. The summed E-state index contributed by atoms with van der Waals surface area (Å²) in [5.41, 5.74) is 5.36. The van der Waals surface area contributed by atoms with Crippen LogP contribution in [-0.4, -0.2) is 49.3 Å². The van der Waals surface area contributed by atoms with Gasteiger partial charge < -0.3 is 20.1 Å². The number of unbranched alkanes of at least 4 members (excludes halogenated alkanes) is 26. The van der Waals surface area contributed by atoms with Gasteiger partial charge in [0.2, 0.25) is 0 Å². The number of phosphoric acid groups is 1. The normalized spacial score (nSPS) is 13.5. The molecule has 0 aliphatic rings. The number of ether oxygens (including phenoxy) is 2. The summed E-state index contributed by atoms with van der Waals surface area (Å²) in [5, 5.41) is 0. The summed E-state index contributed by atoms with van der Waals surface area (Å²) in [6, 6.07) is 0. The molecule has 0 fully saturated rings. The molecule has 0 aliphatic heterocycles. The molecule has 0 radical (unpaired) electrons. The second-order valence-electron chi connectivity index (χ2n) is 16.0. The van der Waals surface area contributed by atoms with E-state index < -0.39 is 26.5 Å². The number of hydrogen-bond acceptors (Lipinski definition) is 8. The van der Waals surface area contributed by atoms with Gasteiger partial charge in [0.15, 0.2) is 6.10 Å². The average Bonchev–Trinajstić information content (AvgIpc) is 3.21. The lowest BCUT2D eigenvalue weighted by Gasteiger charge is -2.19. The Labute approximate surface area is 356 Å². The molecule has 2 unspecified atom stereocenters. The fourth-order valence-electron chi connectivity index (χ4n) is 6.70. The first-order valence-corrected chi connectivity index (χ1v) is 25.5. The zero-order valence-corrected chi connectivity index (χ0v) is 38.4. The maximum Gasteiger partial charge on any atom is 0.472 e. The van der Waals surface area contributed by atoms with Crippen LogP contribution in [0.2, 0.25) is 0 Å². The fourth-order valence-corrected chi connectivity index (χ4v) is 7.47. The van der Waals surface area contributed by atoms with E-state index in [0.29, 0.717) is 6.42 Å². The Balaban J connectivity index is 4.11. The van der Waals surface area contributed by atoms with Crippen LogP contribution in [0.3, 0.4) is 0 Å². The predicted molar refractivity (Wildman–Crippen MR) is 243 cm³/mol. The van der Waals surface area contributed by atoms with Crippen molar-refractivity contribution in [3.8, 4) is 0 Å². The third-order valence-corrected chi connectivity index (χ3v) is 11.3. The molecule has 0 bridgehead atoms. The molecule has 0 spiro atoms. The Morgan fingerprint density at radius 2 is 0.897 bits per heavy atom. The van der Waals surface area contributed by atoms with E-state index in [2.05, 4.69) is 50.3 Å². The Bertz CT molecular complexity index is 1050. The van der Waals surface area contributed by atoms with Crippen molar-refractivity contribution in [3.05, 3.63) is 36.5 Å². The van der Waals surface area contributed by atoms with Crippen molar-refractivity contribution in [1.29, 1.82) is 0 Å².